The number of nitrogens with two attached hydrogens (primary N) is 1. The van der Waals surface area contributed by atoms with Gasteiger partial charge in [-0.15, -0.1) is 11.6 Å². The second kappa shape index (κ2) is 5.45. The molecule has 4 heteroatoms. The van der Waals surface area contributed by atoms with E-state index in [4.69, 9.17) is 17.3 Å². The third-order valence-electron chi connectivity index (χ3n) is 2.39. The average Bonchev–Trinajstić information content (AvgIpc) is 2.48. The average molecular weight is 205 g/mol. The van der Waals surface area contributed by atoms with Crippen molar-refractivity contribution in [3.63, 3.8) is 0 Å². The second-order valence-corrected chi connectivity index (χ2v) is 3.87. The maximum absolute atomic E-state index is 11.4. The summed E-state index contributed by atoms with van der Waals surface area (Å²) in [4.78, 5) is 13.3. The predicted molar refractivity (Wildman–Crippen MR) is 53.7 cm³/mol. The summed E-state index contributed by atoms with van der Waals surface area (Å²) in [5.74, 6) is 1.22. The molecule has 0 aliphatic carbocycles. The summed E-state index contributed by atoms with van der Waals surface area (Å²) in [7, 11) is 0. The molecule has 1 amide bonds. The maximum Gasteiger partial charge on any atom is 0.222 e. The molecule has 1 aliphatic heterocycles. The van der Waals surface area contributed by atoms with Gasteiger partial charge in [-0.2, -0.15) is 0 Å². The SMILES string of the molecule is NCCCCN1CC(CCl)CC1=O. The lowest BCUT2D eigenvalue weighted by Gasteiger charge is -2.15. The Hall–Kier alpha value is -0.280. The van der Waals surface area contributed by atoms with Gasteiger partial charge in [-0.05, 0) is 25.3 Å². The van der Waals surface area contributed by atoms with Gasteiger partial charge in [0.05, 0.1) is 0 Å². The van der Waals surface area contributed by atoms with Gasteiger partial charge in [0.25, 0.3) is 0 Å². The largest absolute Gasteiger partial charge is 0.342 e. The van der Waals surface area contributed by atoms with Gasteiger partial charge in [-0.3, -0.25) is 4.79 Å². The first-order valence-corrected chi connectivity index (χ1v) is 5.35. The number of hydrogen-bond acceptors (Lipinski definition) is 2. The van der Waals surface area contributed by atoms with Crippen LogP contribution in [0.4, 0.5) is 0 Å². The maximum atomic E-state index is 11.4. The number of alkyl halides is 1. The molecular weight excluding hydrogens is 188 g/mol. The fourth-order valence-corrected chi connectivity index (χ4v) is 1.83. The number of hydrogen-bond donors (Lipinski definition) is 1. The molecule has 3 nitrogen and oxygen atoms in total. The van der Waals surface area contributed by atoms with Crippen molar-refractivity contribution in [2.45, 2.75) is 19.3 Å². The minimum atomic E-state index is 0.252. The third-order valence-corrected chi connectivity index (χ3v) is 2.83. The van der Waals surface area contributed by atoms with E-state index in [1.165, 1.54) is 0 Å². The zero-order valence-corrected chi connectivity index (χ0v) is 8.59. The molecule has 1 atom stereocenters. The van der Waals surface area contributed by atoms with Crippen LogP contribution in [-0.4, -0.2) is 36.3 Å². The van der Waals surface area contributed by atoms with Gasteiger partial charge < -0.3 is 10.6 Å². The minimum Gasteiger partial charge on any atom is -0.342 e. The molecule has 2 N–H and O–H groups in total. The number of likely N-dealkylation sites (tertiary alicyclic amines) is 1. The molecule has 1 heterocycles. The van der Waals surface area contributed by atoms with Crippen LogP contribution in [-0.2, 0) is 4.79 Å². The van der Waals surface area contributed by atoms with Gasteiger partial charge in [-0.25, -0.2) is 0 Å². The van der Waals surface area contributed by atoms with E-state index in [2.05, 4.69) is 0 Å². The fourth-order valence-electron chi connectivity index (χ4n) is 1.62. The zero-order valence-electron chi connectivity index (χ0n) is 7.84. The predicted octanol–water partition coefficient (Wildman–Crippen LogP) is 0.813. The van der Waals surface area contributed by atoms with Crippen LogP contribution < -0.4 is 5.73 Å². The lowest BCUT2D eigenvalue weighted by molar-refractivity contribution is -0.127. The van der Waals surface area contributed by atoms with E-state index in [1.54, 1.807) is 0 Å². The van der Waals surface area contributed by atoms with Crippen LogP contribution >= 0.6 is 11.6 Å². The molecule has 1 aliphatic rings. The van der Waals surface area contributed by atoms with Gasteiger partial charge in [0, 0.05) is 25.4 Å². The van der Waals surface area contributed by atoms with E-state index in [0.29, 0.717) is 24.8 Å². The van der Waals surface area contributed by atoms with Crippen LogP contribution in [0, 0.1) is 5.92 Å². The third kappa shape index (κ3) is 3.16. The van der Waals surface area contributed by atoms with E-state index in [-0.39, 0.29) is 5.91 Å². The molecular formula is C9H17ClN2O. The highest BCUT2D eigenvalue weighted by atomic mass is 35.5. The number of halogens is 1. The first-order chi connectivity index (χ1) is 6.27. The Kier molecular flexibility index (Phi) is 4.53. The number of rotatable bonds is 5. The molecule has 13 heavy (non-hydrogen) atoms. The summed E-state index contributed by atoms with van der Waals surface area (Å²) in [5.41, 5.74) is 5.38. The molecule has 1 fully saturated rings. The van der Waals surface area contributed by atoms with Crippen LogP contribution in [0.15, 0.2) is 0 Å². The molecule has 0 aromatic heterocycles. The van der Waals surface area contributed by atoms with Gasteiger partial charge in [-0.1, -0.05) is 0 Å². The number of nitrogens with zero attached hydrogens (tertiary/aromatic N) is 1. The highest BCUT2D eigenvalue weighted by molar-refractivity contribution is 6.18. The van der Waals surface area contributed by atoms with Crippen molar-refractivity contribution in [2.24, 2.45) is 11.7 Å². The zero-order chi connectivity index (χ0) is 9.68. The molecule has 0 aromatic carbocycles. The monoisotopic (exact) mass is 204 g/mol. The van der Waals surface area contributed by atoms with Crippen LogP contribution in [0.25, 0.3) is 0 Å². The van der Waals surface area contributed by atoms with Gasteiger partial charge in [0.15, 0.2) is 0 Å². The van der Waals surface area contributed by atoms with Gasteiger partial charge >= 0.3 is 0 Å². The molecule has 1 unspecified atom stereocenters. The van der Waals surface area contributed by atoms with Crippen molar-refractivity contribution in [3.8, 4) is 0 Å². The lowest BCUT2D eigenvalue weighted by Crippen LogP contribution is -2.26. The molecule has 1 saturated heterocycles. The van der Waals surface area contributed by atoms with E-state index in [1.807, 2.05) is 4.90 Å². The summed E-state index contributed by atoms with van der Waals surface area (Å²) in [5, 5.41) is 0. The second-order valence-electron chi connectivity index (χ2n) is 3.56. The molecule has 0 radical (unpaired) electrons. The quantitative estimate of drug-likeness (QED) is 0.532. The standard InChI is InChI=1S/C9H17ClN2O/c10-6-8-5-9(13)12(7-8)4-2-1-3-11/h8H,1-7,11H2. The molecule has 1 rings (SSSR count). The topological polar surface area (TPSA) is 46.3 Å². The number of carbonyl (C=O) groups is 1. The first-order valence-electron chi connectivity index (χ1n) is 4.81. The van der Waals surface area contributed by atoms with Gasteiger partial charge in [0.1, 0.15) is 0 Å². The van der Waals surface area contributed by atoms with Crippen molar-refractivity contribution < 1.29 is 4.79 Å². The molecule has 0 bridgehead atoms. The molecule has 76 valence electrons. The van der Waals surface area contributed by atoms with Crippen molar-refractivity contribution in [2.75, 3.05) is 25.5 Å². The Labute approximate surface area is 84.2 Å². The molecule has 0 aromatic rings. The fraction of sp³-hybridized carbons (Fsp3) is 0.889. The summed E-state index contributed by atoms with van der Waals surface area (Å²) < 4.78 is 0. The number of amides is 1. The van der Waals surface area contributed by atoms with Crippen molar-refractivity contribution >= 4 is 17.5 Å². The van der Waals surface area contributed by atoms with Crippen LogP contribution in [0.3, 0.4) is 0 Å². The Morgan fingerprint density at radius 3 is 2.85 bits per heavy atom. The van der Waals surface area contributed by atoms with Crippen molar-refractivity contribution in [1.82, 2.24) is 4.90 Å². The van der Waals surface area contributed by atoms with Gasteiger partial charge in [0.2, 0.25) is 5.91 Å². The lowest BCUT2D eigenvalue weighted by atomic mass is 10.1. The van der Waals surface area contributed by atoms with Crippen LogP contribution in [0.5, 0.6) is 0 Å². The minimum absolute atomic E-state index is 0.252. The van der Waals surface area contributed by atoms with E-state index < -0.39 is 0 Å². The Balaban J connectivity index is 2.23. The Bertz CT molecular complexity index is 175. The number of carbonyl (C=O) groups excluding carboxylic acids is 1. The summed E-state index contributed by atoms with van der Waals surface area (Å²) >= 11 is 5.70. The molecule has 0 spiro atoms. The normalized spacial score (nSPS) is 22.8. The van der Waals surface area contributed by atoms with E-state index in [9.17, 15) is 4.79 Å². The van der Waals surface area contributed by atoms with E-state index >= 15 is 0 Å². The highest BCUT2D eigenvalue weighted by Crippen LogP contribution is 2.18. The molecule has 0 saturated carbocycles. The van der Waals surface area contributed by atoms with Crippen molar-refractivity contribution in [3.05, 3.63) is 0 Å². The summed E-state index contributed by atoms with van der Waals surface area (Å²) in [6.45, 7) is 2.40. The van der Waals surface area contributed by atoms with Crippen LogP contribution in [0.1, 0.15) is 19.3 Å². The highest BCUT2D eigenvalue weighted by Gasteiger charge is 2.27. The van der Waals surface area contributed by atoms with Crippen LogP contribution in [0.2, 0.25) is 0 Å². The van der Waals surface area contributed by atoms with Crippen molar-refractivity contribution in [1.29, 1.82) is 0 Å². The summed E-state index contributed by atoms with van der Waals surface area (Å²) in [6, 6.07) is 0. The first kappa shape index (κ1) is 10.8. The Morgan fingerprint density at radius 1 is 1.54 bits per heavy atom. The Morgan fingerprint density at radius 2 is 2.31 bits per heavy atom. The van der Waals surface area contributed by atoms with E-state index in [0.717, 1.165) is 25.9 Å². The number of unbranched alkanes of at least 4 members (excludes halogenated alkanes) is 1. The smallest absolute Gasteiger partial charge is 0.222 e. The summed E-state index contributed by atoms with van der Waals surface area (Å²) in [6.07, 6.45) is 2.64.